The number of unbranched alkanes of at least 4 members (excludes halogenated alkanes) is 5. The van der Waals surface area contributed by atoms with Gasteiger partial charge < -0.3 is 20.3 Å². The van der Waals surface area contributed by atoms with Crippen molar-refractivity contribution < 1.29 is 24.2 Å². The maximum Gasteiger partial charge on any atom is 0.513 e. The molecule has 0 bridgehead atoms. The Labute approximate surface area is 130 Å². The zero-order valence-electron chi connectivity index (χ0n) is 12.8. The first kappa shape index (κ1) is 17.8. The largest absolute Gasteiger partial charge is 0.513 e. The number of carbonyl (C=O) groups is 2. The number of aromatic carboxylic acids is 1. The summed E-state index contributed by atoms with van der Waals surface area (Å²) >= 11 is 0. The minimum absolute atomic E-state index is 0.111. The molecule has 0 spiro atoms. The van der Waals surface area contributed by atoms with Crippen molar-refractivity contribution in [1.82, 2.24) is 0 Å². The fraction of sp³-hybridized carbons (Fsp3) is 0.500. The molecular formula is C16H23NO5. The Morgan fingerprint density at radius 1 is 1.14 bits per heavy atom. The van der Waals surface area contributed by atoms with E-state index in [1.165, 1.54) is 37.5 Å². The van der Waals surface area contributed by atoms with E-state index in [0.29, 0.717) is 5.69 Å². The number of hydrogen-bond acceptors (Lipinski definition) is 5. The molecule has 0 aliphatic rings. The van der Waals surface area contributed by atoms with Gasteiger partial charge in [-0.1, -0.05) is 39.0 Å². The summed E-state index contributed by atoms with van der Waals surface area (Å²) in [6, 6.07) is 4.00. The summed E-state index contributed by atoms with van der Waals surface area (Å²) in [5.41, 5.74) is 5.73. The molecule has 0 fully saturated rings. The van der Waals surface area contributed by atoms with E-state index in [9.17, 15) is 9.59 Å². The normalized spacial score (nSPS) is 10.2. The van der Waals surface area contributed by atoms with Crippen molar-refractivity contribution in [2.75, 3.05) is 12.3 Å². The molecule has 0 aliphatic heterocycles. The lowest BCUT2D eigenvalue weighted by Gasteiger charge is -2.09. The number of benzene rings is 1. The van der Waals surface area contributed by atoms with Gasteiger partial charge in [0.1, 0.15) is 5.56 Å². The van der Waals surface area contributed by atoms with Gasteiger partial charge in [-0.25, -0.2) is 9.59 Å². The highest BCUT2D eigenvalue weighted by Gasteiger charge is 2.15. The van der Waals surface area contributed by atoms with Crippen LogP contribution in [0.2, 0.25) is 0 Å². The van der Waals surface area contributed by atoms with E-state index in [1.54, 1.807) is 0 Å². The molecule has 0 unspecified atom stereocenters. The summed E-state index contributed by atoms with van der Waals surface area (Å²) in [4.78, 5) is 22.6. The fourth-order valence-corrected chi connectivity index (χ4v) is 1.96. The van der Waals surface area contributed by atoms with Gasteiger partial charge in [0.05, 0.1) is 6.61 Å². The highest BCUT2D eigenvalue weighted by molar-refractivity contribution is 5.92. The SMILES string of the molecule is CCCCCCCCOC(=O)Oc1cc(N)ccc1C(=O)O. The second kappa shape index (κ2) is 9.65. The van der Waals surface area contributed by atoms with E-state index >= 15 is 0 Å². The molecule has 22 heavy (non-hydrogen) atoms. The first-order valence-electron chi connectivity index (χ1n) is 7.52. The Morgan fingerprint density at radius 3 is 2.50 bits per heavy atom. The minimum atomic E-state index is -1.20. The monoisotopic (exact) mass is 309 g/mol. The van der Waals surface area contributed by atoms with Gasteiger partial charge in [-0.15, -0.1) is 0 Å². The van der Waals surface area contributed by atoms with E-state index < -0.39 is 12.1 Å². The first-order chi connectivity index (χ1) is 10.5. The summed E-state index contributed by atoms with van der Waals surface area (Å²) in [6.45, 7) is 2.41. The number of rotatable bonds is 9. The van der Waals surface area contributed by atoms with Crippen LogP contribution in [0.15, 0.2) is 18.2 Å². The fourth-order valence-electron chi connectivity index (χ4n) is 1.96. The van der Waals surface area contributed by atoms with E-state index in [1.807, 2.05) is 0 Å². The maximum atomic E-state index is 11.6. The van der Waals surface area contributed by atoms with Gasteiger partial charge in [-0.2, -0.15) is 0 Å². The maximum absolute atomic E-state index is 11.6. The molecule has 0 aliphatic carbocycles. The second-order valence-corrected chi connectivity index (χ2v) is 5.03. The average molecular weight is 309 g/mol. The topological polar surface area (TPSA) is 98.9 Å². The van der Waals surface area contributed by atoms with Crippen LogP contribution in [0.3, 0.4) is 0 Å². The number of nitrogens with two attached hydrogens (primary N) is 1. The number of carboxylic acids is 1. The Hall–Kier alpha value is -2.24. The highest BCUT2D eigenvalue weighted by Crippen LogP contribution is 2.22. The Bertz CT molecular complexity index is 501. The number of ether oxygens (including phenoxy) is 2. The lowest BCUT2D eigenvalue weighted by Crippen LogP contribution is -2.14. The molecule has 6 heteroatoms. The molecule has 0 amide bonds. The van der Waals surface area contributed by atoms with Crippen molar-refractivity contribution in [1.29, 1.82) is 0 Å². The molecule has 0 atom stereocenters. The molecule has 1 rings (SSSR count). The summed E-state index contributed by atoms with van der Waals surface area (Å²) in [5, 5.41) is 9.01. The first-order valence-corrected chi connectivity index (χ1v) is 7.52. The van der Waals surface area contributed by atoms with Gasteiger partial charge in [-0.05, 0) is 18.6 Å². The lowest BCUT2D eigenvalue weighted by atomic mass is 10.1. The van der Waals surface area contributed by atoms with Crippen molar-refractivity contribution in [3.8, 4) is 5.75 Å². The van der Waals surface area contributed by atoms with E-state index in [0.717, 1.165) is 19.3 Å². The van der Waals surface area contributed by atoms with Crippen LogP contribution in [0.25, 0.3) is 0 Å². The lowest BCUT2D eigenvalue weighted by molar-refractivity contribution is 0.0689. The van der Waals surface area contributed by atoms with Crippen molar-refractivity contribution in [2.45, 2.75) is 45.4 Å². The molecule has 0 aromatic heterocycles. The minimum Gasteiger partial charge on any atom is -0.478 e. The van der Waals surface area contributed by atoms with Gasteiger partial charge in [0.15, 0.2) is 5.75 Å². The van der Waals surface area contributed by atoms with Gasteiger partial charge in [0, 0.05) is 11.8 Å². The van der Waals surface area contributed by atoms with E-state index in [2.05, 4.69) is 6.92 Å². The molecule has 0 saturated carbocycles. The van der Waals surface area contributed by atoms with Crippen LogP contribution < -0.4 is 10.5 Å². The third kappa shape index (κ3) is 6.47. The van der Waals surface area contributed by atoms with Crippen LogP contribution >= 0.6 is 0 Å². The molecule has 6 nitrogen and oxygen atoms in total. The Balaban J connectivity index is 2.36. The molecule has 3 N–H and O–H groups in total. The standard InChI is InChI=1S/C16H23NO5/c1-2-3-4-5-6-7-10-21-16(20)22-14-11-12(17)8-9-13(14)15(18)19/h8-9,11H,2-7,10,17H2,1H3,(H,18,19). The summed E-state index contributed by atoms with van der Waals surface area (Å²) in [7, 11) is 0. The molecule has 0 heterocycles. The van der Waals surface area contributed by atoms with Gasteiger partial charge in [-0.3, -0.25) is 0 Å². The summed E-state index contributed by atoms with van der Waals surface area (Å²) in [5.74, 6) is -1.31. The van der Waals surface area contributed by atoms with Crippen molar-refractivity contribution in [3.05, 3.63) is 23.8 Å². The molecule has 0 radical (unpaired) electrons. The number of nitrogen functional groups attached to an aromatic ring is 1. The van der Waals surface area contributed by atoms with Crippen molar-refractivity contribution >= 4 is 17.8 Å². The predicted octanol–water partition coefficient (Wildman–Crippen LogP) is 3.84. The number of carbonyl (C=O) groups excluding carboxylic acids is 1. The van der Waals surface area contributed by atoms with E-state index in [4.69, 9.17) is 20.3 Å². The predicted molar refractivity (Wildman–Crippen MR) is 83.2 cm³/mol. The summed E-state index contributed by atoms with van der Waals surface area (Å²) in [6.07, 6.45) is 5.55. The smallest absolute Gasteiger partial charge is 0.478 e. The zero-order chi connectivity index (χ0) is 16.4. The number of hydrogen-bond donors (Lipinski definition) is 2. The molecule has 1 aromatic carbocycles. The third-order valence-electron chi connectivity index (χ3n) is 3.15. The number of anilines is 1. The summed E-state index contributed by atoms with van der Waals surface area (Å²) < 4.78 is 9.84. The Kier molecular flexibility index (Phi) is 7.81. The second-order valence-electron chi connectivity index (χ2n) is 5.03. The van der Waals surface area contributed by atoms with E-state index in [-0.39, 0.29) is 17.9 Å². The van der Waals surface area contributed by atoms with Crippen molar-refractivity contribution in [2.24, 2.45) is 0 Å². The zero-order valence-corrected chi connectivity index (χ0v) is 12.8. The quantitative estimate of drug-likeness (QED) is 0.311. The molecular weight excluding hydrogens is 286 g/mol. The van der Waals surface area contributed by atoms with Gasteiger partial charge >= 0.3 is 12.1 Å². The van der Waals surface area contributed by atoms with Gasteiger partial charge in [0.2, 0.25) is 0 Å². The Morgan fingerprint density at radius 2 is 1.82 bits per heavy atom. The molecule has 0 saturated heterocycles. The molecule has 122 valence electrons. The molecule has 1 aromatic rings. The van der Waals surface area contributed by atoms with Crippen LogP contribution in [-0.2, 0) is 4.74 Å². The van der Waals surface area contributed by atoms with Crippen LogP contribution in [0.5, 0.6) is 5.75 Å². The average Bonchev–Trinajstić information content (AvgIpc) is 2.46. The van der Waals surface area contributed by atoms with Crippen LogP contribution in [0.4, 0.5) is 10.5 Å². The van der Waals surface area contributed by atoms with Gasteiger partial charge in [0.25, 0.3) is 0 Å². The third-order valence-corrected chi connectivity index (χ3v) is 3.15. The van der Waals surface area contributed by atoms with Crippen LogP contribution in [-0.4, -0.2) is 23.8 Å². The van der Waals surface area contributed by atoms with Crippen LogP contribution in [0, 0.1) is 0 Å². The van der Waals surface area contributed by atoms with Crippen LogP contribution in [0.1, 0.15) is 55.8 Å². The highest BCUT2D eigenvalue weighted by atomic mass is 16.7. The number of carboxylic acid groups (broad SMARTS) is 1. The van der Waals surface area contributed by atoms with Crippen molar-refractivity contribution in [3.63, 3.8) is 0 Å².